The van der Waals surface area contributed by atoms with E-state index in [2.05, 4.69) is 15.4 Å². The van der Waals surface area contributed by atoms with E-state index in [4.69, 9.17) is 14.9 Å². The van der Waals surface area contributed by atoms with Crippen LogP contribution < -0.4 is 20.1 Å². The Morgan fingerprint density at radius 1 is 0.825 bits per heavy atom. The van der Waals surface area contributed by atoms with Gasteiger partial charge in [0, 0.05) is 13.0 Å². The van der Waals surface area contributed by atoms with E-state index >= 15 is 0 Å². The maximum atomic E-state index is 13.3. The average Bonchev–Trinajstić information content (AvgIpc) is 2.89. The summed E-state index contributed by atoms with van der Waals surface area (Å²) < 4.78 is 31.3. The second-order valence-corrected chi connectivity index (χ2v) is 11.0. The number of benzene rings is 2. The number of hydrogen-bond donors (Lipinski definition) is 5. The largest absolute Gasteiger partial charge is 0.478 e. The van der Waals surface area contributed by atoms with Gasteiger partial charge in [-0.05, 0) is 36.1 Å². The Morgan fingerprint density at radius 2 is 1.40 bits per heavy atom. The first kappa shape index (κ1) is 32.2. The van der Waals surface area contributed by atoms with E-state index < -0.39 is 52.0 Å². The molecule has 0 heterocycles. The molecule has 0 aliphatic rings. The van der Waals surface area contributed by atoms with E-state index in [1.807, 2.05) is 6.92 Å². The number of hydrogen-bond acceptors (Lipinski definition) is 7. The lowest BCUT2D eigenvalue weighted by Gasteiger charge is -2.23. The van der Waals surface area contributed by atoms with Gasteiger partial charge in [-0.25, -0.2) is 22.7 Å². The second-order valence-electron chi connectivity index (χ2n) is 9.21. The minimum Gasteiger partial charge on any atom is -0.478 e. The fourth-order valence-corrected chi connectivity index (χ4v) is 4.48. The van der Waals surface area contributed by atoms with Crippen molar-refractivity contribution in [3.05, 3.63) is 65.7 Å². The number of carboxylic acid groups (broad SMARTS) is 2. The van der Waals surface area contributed by atoms with Crippen LogP contribution in [0, 0.1) is 0 Å². The fourth-order valence-electron chi connectivity index (χ4n) is 3.77. The highest BCUT2D eigenvalue weighted by atomic mass is 32.2. The van der Waals surface area contributed by atoms with Crippen molar-refractivity contribution in [3.8, 4) is 5.75 Å². The van der Waals surface area contributed by atoms with Gasteiger partial charge in [-0.1, -0.05) is 62.2 Å². The molecule has 0 bridgehead atoms. The van der Waals surface area contributed by atoms with Crippen molar-refractivity contribution in [1.82, 2.24) is 15.4 Å². The third kappa shape index (κ3) is 11.4. The molecule has 0 aromatic heterocycles. The van der Waals surface area contributed by atoms with Crippen molar-refractivity contribution in [2.24, 2.45) is 0 Å². The van der Waals surface area contributed by atoms with E-state index in [1.165, 1.54) is 24.3 Å². The van der Waals surface area contributed by atoms with Crippen LogP contribution in [0.25, 0.3) is 0 Å². The van der Waals surface area contributed by atoms with Gasteiger partial charge < -0.3 is 25.6 Å². The summed E-state index contributed by atoms with van der Waals surface area (Å²) in [4.78, 5) is 48.5. The summed E-state index contributed by atoms with van der Waals surface area (Å²) in [6.45, 7) is 2.42. The third-order valence-electron chi connectivity index (χ3n) is 5.73. The molecule has 40 heavy (non-hydrogen) atoms. The molecule has 5 N–H and O–H groups in total. The van der Waals surface area contributed by atoms with E-state index in [0.717, 1.165) is 31.1 Å². The normalized spacial score (nSPS) is 12.8. The zero-order chi connectivity index (χ0) is 29.7. The molecule has 0 saturated heterocycles. The minimum absolute atomic E-state index is 0.0107. The molecular formula is C27H35N3O9S. The standard InChI is InChI=1S/C27H35N3O9S/c1-3-4-8-15-28-24(31)21(16-19-11-13-20(14-12-19)39-23(26(33)34)27(35)36)29-25(32)22(30-40(2,37)38)17-18-9-6-5-7-10-18/h5-7,9-14,21-23,30H,3-4,8,15-17H2,1-2H3,(H,28,31)(H,29,32)(H,33,34)(H,35,36)/t21?,22-/m1/s1. The number of amides is 2. The maximum Gasteiger partial charge on any atom is 0.356 e. The van der Waals surface area contributed by atoms with Crippen molar-refractivity contribution in [3.63, 3.8) is 0 Å². The number of unbranched alkanes of at least 4 members (excludes halogenated alkanes) is 2. The molecule has 218 valence electrons. The van der Waals surface area contributed by atoms with Gasteiger partial charge in [0.1, 0.15) is 17.8 Å². The predicted octanol–water partition coefficient (Wildman–Crippen LogP) is 1.10. The summed E-state index contributed by atoms with van der Waals surface area (Å²) in [7, 11) is -3.76. The molecule has 0 fully saturated rings. The van der Waals surface area contributed by atoms with Crippen LogP contribution in [0.1, 0.15) is 37.3 Å². The zero-order valence-corrected chi connectivity index (χ0v) is 23.1. The first-order chi connectivity index (χ1) is 18.9. The van der Waals surface area contributed by atoms with Gasteiger partial charge in [-0.15, -0.1) is 0 Å². The van der Waals surface area contributed by atoms with Gasteiger partial charge in [-0.2, -0.15) is 0 Å². The van der Waals surface area contributed by atoms with Gasteiger partial charge in [0.05, 0.1) is 6.26 Å². The lowest BCUT2D eigenvalue weighted by Crippen LogP contribution is -2.55. The molecule has 2 rings (SSSR count). The van der Waals surface area contributed by atoms with E-state index in [0.29, 0.717) is 12.1 Å². The summed E-state index contributed by atoms with van der Waals surface area (Å²) in [5.41, 5.74) is 1.27. The molecule has 0 aliphatic carbocycles. The van der Waals surface area contributed by atoms with Crippen LogP contribution in [0.2, 0.25) is 0 Å². The molecule has 0 spiro atoms. The lowest BCUT2D eigenvalue weighted by molar-refractivity contribution is -0.159. The van der Waals surface area contributed by atoms with Gasteiger partial charge in [0.15, 0.2) is 0 Å². The van der Waals surface area contributed by atoms with Gasteiger partial charge >= 0.3 is 11.9 Å². The number of carbonyl (C=O) groups is 4. The topological polar surface area (TPSA) is 188 Å². The van der Waals surface area contributed by atoms with Crippen LogP contribution in [0.4, 0.5) is 0 Å². The Morgan fingerprint density at radius 3 is 1.95 bits per heavy atom. The Bertz CT molecular complexity index is 1240. The minimum atomic E-state index is -3.76. The molecule has 2 amide bonds. The average molecular weight is 578 g/mol. The Labute approximate surface area is 233 Å². The van der Waals surface area contributed by atoms with Gasteiger partial charge in [-0.3, -0.25) is 9.59 Å². The van der Waals surface area contributed by atoms with Crippen LogP contribution in [0.15, 0.2) is 54.6 Å². The molecule has 13 heteroatoms. The summed E-state index contributed by atoms with van der Waals surface area (Å²) >= 11 is 0. The molecule has 2 atom stereocenters. The fraction of sp³-hybridized carbons (Fsp3) is 0.407. The zero-order valence-electron chi connectivity index (χ0n) is 22.3. The summed E-state index contributed by atoms with van der Waals surface area (Å²) in [5.74, 6) is -4.48. The van der Waals surface area contributed by atoms with Crippen molar-refractivity contribution >= 4 is 33.8 Å². The summed E-state index contributed by atoms with van der Waals surface area (Å²) in [6.07, 6.45) is 1.54. The van der Waals surface area contributed by atoms with Crippen LogP contribution in [0.5, 0.6) is 5.75 Å². The summed E-state index contributed by atoms with van der Waals surface area (Å²) in [6, 6.07) is 12.3. The molecule has 0 saturated carbocycles. The number of aliphatic carboxylic acids is 2. The quantitative estimate of drug-likeness (QED) is 0.135. The smallest absolute Gasteiger partial charge is 0.356 e. The molecule has 0 radical (unpaired) electrons. The van der Waals surface area contributed by atoms with Crippen molar-refractivity contribution in [2.75, 3.05) is 12.8 Å². The van der Waals surface area contributed by atoms with Crippen LogP contribution >= 0.6 is 0 Å². The van der Waals surface area contributed by atoms with E-state index in [-0.39, 0.29) is 18.6 Å². The molecule has 1 unspecified atom stereocenters. The van der Waals surface area contributed by atoms with Crippen molar-refractivity contribution in [2.45, 2.75) is 57.2 Å². The van der Waals surface area contributed by atoms with Crippen molar-refractivity contribution in [1.29, 1.82) is 0 Å². The second kappa shape index (κ2) is 15.6. The third-order valence-corrected chi connectivity index (χ3v) is 6.45. The lowest BCUT2D eigenvalue weighted by atomic mass is 10.0. The van der Waals surface area contributed by atoms with Crippen LogP contribution in [-0.4, -0.2) is 73.4 Å². The van der Waals surface area contributed by atoms with E-state index in [9.17, 15) is 27.6 Å². The van der Waals surface area contributed by atoms with Gasteiger partial charge in [0.25, 0.3) is 6.10 Å². The maximum absolute atomic E-state index is 13.3. The molecule has 12 nitrogen and oxygen atoms in total. The molecule has 2 aromatic carbocycles. The number of rotatable bonds is 17. The molecular weight excluding hydrogens is 542 g/mol. The summed E-state index contributed by atoms with van der Waals surface area (Å²) in [5, 5.41) is 23.5. The number of carbonyl (C=O) groups excluding carboxylic acids is 2. The number of sulfonamides is 1. The van der Waals surface area contributed by atoms with Crippen LogP contribution in [-0.2, 0) is 42.0 Å². The Balaban J connectivity index is 2.23. The number of nitrogens with one attached hydrogen (secondary N) is 3. The predicted molar refractivity (Wildman–Crippen MR) is 146 cm³/mol. The number of ether oxygens (including phenoxy) is 1. The highest BCUT2D eigenvalue weighted by Crippen LogP contribution is 2.16. The van der Waals surface area contributed by atoms with Crippen LogP contribution in [0.3, 0.4) is 0 Å². The SMILES string of the molecule is CCCCCNC(=O)C(Cc1ccc(OC(C(=O)O)C(=O)O)cc1)NC(=O)[C@@H](Cc1ccccc1)NS(C)(=O)=O. The Hall–Kier alpha value is -3.97. The number of carboxylic acids is 2. The van der Waals surface area contributed by atoms with Gasteiger partial charge in [0.2, 0.25) is 21.8 Å². The first-order valence-corrected chi connectivity index (χ1v) is 14.6. The monoisotopic (exact) mass is 577 g/mol. The molecule has 0 aliphatic heterocycles. The molecule has 2 aromatic rings. The highest BCUT2D eigenvalue weighted by Gasteiger charge is 2.29. The van der Waals surface area contributed by atoms with E-state index in [1.54, 1.807) is 30.3 Å². The van der Waals surface area contributed by atoms with Crippen molar-refractivity contribution < 1.29 is 42.5 Å². The first-order valence-electron chi connectivity index (χ1n) is 12.7. The highest BCUT2D eigenvalue weighted by molar-refractivity contribution is 7.88. The Kier molecular flexibility index (Phi) is 12.6.